The van der Waals surface area contributed by atoms with E-state index in [9.17, 15) is 0 Å². The summed E-state index contributed by atoms with van der Waals surface area (Å²) in [6.07, 6.45) is 0.987. The Bertz CT molecular complexity index is 812. The maximum absolute atomic E-state index is 5.43. The SMILES string of the molecule is CCNC(=NCc1cc(OC)c(OC)c(OC)c1)NCCC(C)c1ccc(OC)cc1. The Labute approximate surface area is 185 Å². The van der Waals surface area contributed by atoms with Crippen molar-refractivity contribution >= 4 is 5.96 Å². The predicted octanol–water partition coefficient (Wildman–Crippen LogP) is 3.97. The average Bonchev–Trinajstić information content (AvgIpc) is 2.81. The molecule has 170 valence electrons. The highest BCUT2D eigenvalue weighted by Gasteiger charge is 2.13. The van der Waals surface area contributed by atoms with Crippen molar-refractivity contribution in [1.82, 2.24) is 10.6 Å². The van der Waals surface area contributed by atoms with Crippen molar-refractivity contribution in [2.24, 2.45) is 4.99 Å². The number of hydrogen-bond donors (Lipinski definition) is 2. The Morgan fingerprint density at radius 2 is 1.55 bits per heavy atom. The Balaban J connectivity index is 1.99. The number of nitrogens with one attached hydrogen (secondary N) is 2. The topological polar surface area (TPSA) is 73.3 Å². The molecule has 2 N–H and O–H groups in total. The van der Waals surface area contributed by atoms with Gasteiger partial charge >= 0.3 is 0 Å². The minimum Gasteiger partial charge on any atom is -0.497 e. The summed E-state index contributed by atoms with van der Waals surface area (Å²) in [5.74, 6) is 3.91. The van der Waals surface area contributed by atoms with E-state index in [4.69, 9.17) is 23.9 Å². The molecule has 1 unspecified atom stereocenters. The number of guanidine groups is 1. The van der Waals surface area contributed by atoms with Crippen LogP contribution >= 0.6 is 0 Å². The van der Waals surface area contributed by atoms with Crippen LogP contribution in [0.3, 0.4) is 0 Å². The van der Waals surface area contributed by atoms with Crippen molar-refractivity contribution < 1.29 is 18.9 Å². The van der Waals surface area contributed by atoms with Crippen molar-refractivity contribution in [3.8, 4) is 23.0 Å². The zero-order valence-corrected chi connectivity index (χ0v) is 19.5. The minimum atomic E-state index is 0.427. The van der Waals surface area contributed by atoms with Crippen molar-refractivity contribution in [2.45, 2.75) is 32.7 Å². The molecule has 2 aromatic rings. The summed E-state index contributed by atoms with van der Waals surface area (Å²) in [6.45, 7) is 6.36. The molecule has 0 bridgehead atoms. The van der Waals surface area contributed by atoms with Crippen molar-refractivity contribution in [3.05, 3.63) is 47.5 Å². The summed E-state index contributed by atoms with van der Waals surface area (Å²) in [6, 6.07) is 12.1. The molecule has 0 saturated heterocycles. The normalized spacial score (nSPS) is 12.1. The van der Waals surface area contributed by atoms with E-state index < -0.39 is 0 Å². The molecule has 31 heavy (non-hydrogen) atoms. The standard InChI is InChI=1S/C24H35N3O4/c1-7-25-24(26-13-12-17(2)19-8-10-20(28-3)11-9-19)27-16-18-14-21(29-4)23(31-6)22(15-18)30-5/h8-11,14-15,17H,7,12-13,16H2,1-6H3,(H2,25,26,27). The maximum atomic E-state index is 5.43. The highest BCUT2D eigenvalue weighted by Crippen LogP contribution is 2.38. The van der Waals surface area contributed by atoms with Gasteiger partial charge in [0.25, 0.3) is 0 Å². The van der Waals surface area contributed by atoms with Crippen LogP contribution in [0.2, 0.25) is 0 Å². The Morgan fingerprint density at radius 3 is 2.06 bits per heavy atom. The van der Waals surface area contributed by atoms with E-state index in [1.165, 1.54) is 5.56 Å². The van der Waals surface area contributed by atoms with Crippen LogP contribution in [0.15, 0.2) is 41.4 Å². The summed E-state index contributed by atoms with van der Waals surface area (Å²) in [7, 11) is 6.50. The second-order valence-corrected chi connectivity index (χ2v) is 7.12. The molecular formula is C24H35N3O4. The third-order valence-electron chi connectivity index (χ3n) is 5.04. The third kappa shape index (κ3) is 6.98. The van der Waals surface area contributed by atoms with Gasteiger partial charge in [-0.2, -0.15) is 0 Å². The molecule has 7 nitrogen and oxygen atoms in total. The first-order chi connectivity index (χ1) is 15.1. The zero-order chi connectivity index (χ0) is 22.6. The second kappa shape index (κ2) is 12.6. The van der Waals surface area contributed by atoms with Crippen LogP contribution in [0.4, 0.5) is 0 Å². The number of nitrogens with zero attached hydrogens (tertiary/aromatic N) is 1. The number of hydrogen-bond acceptors (Lipinski definition) is 5. The van der Waals surface area contributed by atoms with Crippen molar-refractivity contribution in [1.29, 1.82) is 0 Å². The second-order valence-electron chi connectivity index (χ2n) is 7.12. The molecule has 2 rings (SSSR count). The first-order valence-electron chi connectivity index (χ1n) is 10.5. The van der Waals surface area contributed by atoms with Gasteiger partial charge < -0.3 is 29.6 Å². The quantitative estimate of drug-likeness (QED) is 0.416. The molecular weight excluding hydrogens is 394 g/mol. The first-order valence-corrected chi connectivity index (χ1v) is 10.5. The lowest BCUT2D eigenvalue weighted by Gasteiger charge is -2.16. The zero-order valence-electron chi connectivity index (χ0n) is 19.5. The Hall–Kier alpha value is -3.09. The molecule has 2 aromatic carbocycles. The van der Waals surface area contributed by atoms with Gasteiger partial charge in [-0.15, -0.1) is 0 Å². The van der Waals surface area contributed by atoms with Crippen LogP contribution in [0.25, 0.3) is 0 Å². The molecule has 7 heteroatoms. The summed E-state index contributed by atoms with van der Waals surface area (Å²) in [5, 5.41) is 6.72. The fourth-order valence-electron chi connectivity index (χ4n) is 3.24. The van der Waals surface area contributed by atoms with Crippen LogP contribution in [0, 0.1) is 0 Å². The van der Waals surface area contributed by atoms with Crippen LogP contribution in [-0.2, 0) is 6.54 Å². The molecule has 0 saturated carbocycles. The number of ether oxygens (including phenoxy) is 4. The van der Waals surface area contributed by atoms with Crippen LogP contribution in [0.1, 0.15) is 37.3 Å². The average molecular weight is 430 g/mol. The van der Waals surface area contributed by atoms with Crippen molar-refractivity contribution in [3.63, 3.8) is 0 Å². The molecule has 0 aliphatic carbocycles. The Kier molecular flexibility index (Phi) is 9.81. The van der Waals surface area contributed by atoms with E-state index in [2.05, 4.69) is 36.6 Å². The Morgan fingerprint density at radius 1 is 0.903 bits per heavy atom. The molecule has 0 radical (unpaired) electrons. The first kappa shape index (κ1) is 24.2. The fourth-order valence-corrected chi connectivity index (χ4v) is 3.24. The summed E-state index contributed by atoms with van der Waals surface area (Å²) in [4.78, 5) is 4.71. The van der Waals surface area contributed by atoms with Crippen LogP contribution in [0.5, 0.6) is 23.0 Å². The van der Waals surface area contributed by atoms with E-state index in [0.29, 0.717) is 29.7 Å². The molecule has 0 aromatic heterocycles. The van der Waals surface area contributed by atoms with Crippen LogP contribution < -0.4 is 29.6 Å². The van der Waals surface area contributed by atoms with Gasteiger partial charge in [-0.1, -0.05) is 19.1 Å². The summed E-state index contributed by atoms with van der Waals surface area (Å²) >= 11 is 0. The largest absolute Gasteiger partial charge is 0.497 e. The molecule has 0 aliphatic heterocycles. The van der Waals surface area contributed by atoms with Gasteiger partial charge in [0, 0.05) is 13.1 Å². The molecule has 0 spiro atoms. The van der Waals surface area contributed by atoms with Gasteiger partial charge in [0.15, 0.2) is 17.5 Å². The monoisotopic (exact) mass is 429 g/mol. The van der Waals surface area contributed by atoms with Gasteiger partial charge in [0.05, 0.1) is 35.0 Å². The van der Waals surface area contributed by atoms with Gasteiger partial charge in [0.2, 0.25) is 5.75 Å². The summed E-state index contributed by atoms with van der Waals surface area (Å²) < 4.78 is 21.5. The van der Waals surface area contributed by atoms with E-state index >= 15 is 0 Å². The molecule has 0 fully saturated rings. The number of benzene rings is 2. The van der Waals surface area contributed by atoms with Gasteiger partial charge in [-0.3, -0.25) is 0 Å². The highest BCUT2D eigenvalue weighted by molar-refractivity contribution is 5.79. The minimum absolute atomic E-state index is 0.427. The van der Waals surface area contributed by atoms with Crippen LogP contribution in [-0.4, -0.2) is 47.5 Å². The maximum Gasteiger partial charge on any atom is 0.203 e. The van der Waals surface area contributed by atoms with E-state index in [0.717, 1.165) is 36.8 Å². The molecule has 0 heterocycles. The van der Waals surface area contributed by atoms with E-state index in [-0.39, 0.29) is 0 Å². The highest BCUT2D eigenvalue weighted by atomic mass is 16.5. The smallest absolute Gasteiger partial charge is 0.203 e. The number of rotatable bonds is 11. The van der Waals surface area contributed by atoms with Gasteiger partial charge in [-0.25, -0.2) is 4.99 Å². The number of methoxy groups -OCH3 is 4. The third-order valence-corrected chi connectivity index (χ3v) is 5.04. The molecule has 0 amide bonds. The molecule has 0 aliphatic rings. The van der Waals surface area contributed by atoms with Gasteiger partial charge in [0.1, 0.15) is 5.75 Å². The fraction of sp³-hybridized carbons (Fsp3) is 0.458. The number of aliphatic imine (C=N–C) groups is 1. The van der Waals surface area contributed by atoms with E-state index in [1.54, 1.807) is 28.4 Å². The lowest BCUT2D eigenvalue weighted by molar-refractivity contribution is 0.324. The lowest BCUT2D eigenvalue weighted by atomic mass is 9.98. The predicted molar refractivity (Wildman–Crippen MR) is 125 cm³/mol. The lowest BCUT2D eigenvalue weighted by Crippen LogP contribution is -2.38. The van der Waals surface area contributed by atoms with E-state index in [1.807, 2.05) is 24.3 Å². The molecule has 1 atom stereocenters. The van der Waals surface area contributed by atoms with Gasteiger partial charge in [-0.05, 0) is 54.7 Å². The van der Waals surface area contributed by atoms with Crippen molar-refractivity contribution in [2.75, 3.05) is 41.5 Å². The summed E-state index contributed by atoms with van der Waals surface area (Å²) in [5.41, 5.74) is 2.26.